The molecule has 5 rings (SSSR count). The molecule has 0 spiro atoms. The van der Waals surface area contributed by atoms with Crippen molar-refractivity contribution in [1.29, 1.82) is 0 Å². The molecule has 0 aromatic heterocycles. The van der Waals surface area contributed by atoms with Gasteiger partial charge in [-0.2, -0.15) is 0 Å². The lowest BCUT2D eigenvalue weighted by Gasteiger charge is -2.47. The summed E-state index contributed by atoms with van der Waals surface area (Å²) >= 11 is 0. The number of allylic oxidation sites excluding steroid dienone is 1. The largest absolute Gasteiger partial charge is 0.507 e. The van der Waals surface area contributed by atoms with Crippen molar-refractivity contribution >= 4 is 24.8 Å². The van der Waals surface area contributed by atoms with E-state index in [2.05, 4.69) is 13.0 Å². The Balaban J connectivity index is 1.47. The highest BCUT2D eigenvalue weighted by Gasteiger charge is 2.53. The summed E-state index contributed by atoms with van der Waals surface area (Å²) in [6, 6.07) is 11.1. The van der Waals surface area contributed by atoms with Gasteiger partial charge in [-0.15, -0.1) is 0 Å². The van der Waals surface area contributed by atoms with E-state index >= 15 is 0 Å². The number of fused-ring (bicyclic) bond motifs is 4. The van der Waals surface area contributed by atoms with E-state index in [1.165, 1.54) is 5.57 Å². The molecular formula is C33H39BO6. The first-order valence-corrected chi connectivity index (χ1v) is 14.4. The highest BCUT2D eigenvalue weighted by molar-refractivity contribution is 6.43. The lowest BCUT2D eigenvalue weighted by atomic mass is 9.54. The predicted molar refractivity (Wildman–Crippen MR) is 156 cm³/mol. The maximum atomic E-state index is 13.8. The van der Waals surface area contributed by atoms with Crippen LogP contribution in [0, 0.1) is 31.6 Å². The van der Waals surface area contributed by atoms with E-state index in [1.54, 1.807) is 31.4 Å². The first-order chi connectivity index (χ1) is 19.2. The zero-order chi connectivity index (χ0) is 28.6. The normalized spacial score (nSPS) is 24.6. The van der Waals surface area contributed by atoms with E-state index in [9.17, 15) is 19.7 Å². The second-order valence-electron chi connectivity index (χ2n) is 11.6. The van der Waals surface area contributed by atoms with Crippen molar-refractivity contribution in [2.75, 3.05) is 13.7 Å². The predicted octanol–water partition coefficient (Wildman–Crippen LogP) is 6.13. The average molecular weight is 542 g/mol. The van der Waals surface area contributed by atoms with Crippen LogP contribution in [0.15, 0.2) is 53.1 Å². The first-order valence-electron chi connectivity index (χ1n) is 14.4. The molecule has 2 aromatic rings. The van der Waals surface area contributed by atoms with Crippen LogP contribution < -0.4 is 0 Å². The van der Waals surface area contributed by atoms with E-state index in [0.717, 1.165) is 47.1 Å². The Morgan fingerprint density at radius 1 is 1.07 bits per heavy atom. The molecule has 6 nitrogen and oxygen atoms in total. The summed E-state index contributed by atoms with van der Waals surface area (Å²) in [5.74, 6) is -0.856. The Morgan fingerprint density at radius 3 is 2.40 bits per heavy atom. The summed E-state index contributed by atoms with van der Waals surface area (Å²) < 4.78 is 11.7. The van der Waals surface area contributed by atoms with E-state index in [4.69, 9.17) is 9.39 Å². The molecule has 0 saturated carbocycles. The van der Waals surface area contributed by atoms with Gasteiger partial charge in [0.15, 0.2) is 11.6 Å². The molecule has 3 aliphatic rings. The summed E-state index contributed by atoms with van der Waals surface area (Å²) in [7, 11) is 0.650. The van der Waals surface area contributed by atoms with Gasteiger partial charge in [-0.25, -0.2) is 0 Å². The quantitative estimate of drug-likeness (QED) is 0.308. The fourth-order valence-electron chi connectivity index (χ4n) is 7.19. The number of Topliss-reactive ketones (excluding diaryl/α,β-unsaturated/α-hetero) is 2. The smallest absolute Gasteiger partial charge is 0.455 e. The SMILES string of the molecule is CCC/C(=C\c1cc(C)c(O)c(C)c1)CC[C@H]1OB(O)C[C@H]2C1=C(COC)C[C@H]1C(=O)c3ccccc3C(=O)[C@H]12. The second-order valence-corrected chi connectivity index (χ2v) is 11.6. The lowest BCUT2D eigenvalue weighted by molar-refractivity contribution is 0.0584. The van der Waals surface area contributed by atoms with Crippen molar-refractivity contribution in [3.05, 3.63) is 80.9 Å². The Bertz CT molecular complexity index is 1350. The van der Waals surface area contributed by atoms with Crippen molar-refractivity contribution in [1.82, 2.24) is 0 Å². The monoisotopic (exact) mass is 542 g/mol. The summed E-state index contributed by atoms with van der Waals surface area (Å²) in [5.41, 5.74) is 7.10. The van der Waals surface area contributed by atoms with E-state index in [1.807, 2.05) is 26.0 Å². The number of methoxy groups -OCH3 is 1. The Kier molecular flexibility index (Phi) is 8.46. The lowest BCUT2D eigenvalue weighted by Crippen LogP contribution is -2.51. The molecular weight excluding hydrogens is 503 g/mol. The van der Waals surface area contributed by atoms with Gasteiger partial charge in [0.1, 0.15) is 5.75 Å². The number of aryl methyl sites for hydroxylation is 2. The number of hydrogen-bond donors (Lipinski definition) is 2. The Labute approximate surface area is 237 Å². The molecule has 0 bridgehead atoms. The average Bonchev–Trinajstić information content (AvgIpc) is 2.93. The maximum absolute atomic E-state index is 13.8. The Morgan fingerprint density at radius 2 is 1.75 bits per heavy atom. The van der Waals surface area contributed by atoms with Crippen LogP contribution in [0.4, 0.5) is 0 Å². The number of phenols is 1. The van der Waals surface area contributed by atoms with E-state index in [-0.39, 0.29) is 23.6 Å². The minimum absolute atomic E-state index is 0.00310. The number of hydrogen-bond acceptors (Lipinski definition) is 6. The summed E-state index contributed by atoms with van der Waals surface area (Å²) in [5, 5.41) is 21.0. The van der Waals surface area contributed by atoms with Crippen molar-refractivity contribution in [3.63, 3.8) is 0 Å². The molecule has 4 atom stereocenters. The number of benzene rings is 2. The molecule has 1 heterocycles. The third-order valence-electron chi connectivity index (χ3n) is 8.86. The molecule has 2 N–H and O–H groups in total. The minimum Gasteiger partial charge on any atom is -0.507 e. The molecule has 40 heavy (non-hydrogen) atoms. The molecule has 1 fully saturated rings. The molecule has 0 radical (unpaired) electrons. The number of phenolic OH excluding ortho intramolecular Hbond substituents is 1. The van der Waals surface area contributed by atoms with Gasteiger partial charge in [-0.3, -0.25) is 9.59 Å². The van der Waals surface area contributed by atoms with E-state index in [0.29, 0.717) is 42.6 Å². The van der Waals surface area contributed by atoms with Crippen LogP contribution in [0.2, 0.25) is 6.32 Å². The van der Waals surface area contributed by atoms with Crippen LogP contribution in [-0.2, 0) is 9.39 Å². The summed E-state index contributed by atoms with van der Waals surface area (Å²) in [6.45, 7) is 6.35. The van der Waals surface area contributed by atoms with Gasteiger partial charge in [0.25, 0.3) is 0 Å². The number of aromatic hydroxyl groups is 1. The molecule has 1 saturated heterocycles. The zero-order valence-electron chi connectivity index (χ0n) is 23.9. The standard InChI is InChI=1S/C33H39BO6/c1-5-8-21(15-22-13-19(2)31(35)20(3)14-22)11-12-28-29-23(18-39-4)16-26-30(27(29)17-34(38)40-28)33(37)25-10-7-6-9-24(25)32(26)36/h6-7,9-10,13-15,26-28,30,35,38H,5,8,11-12,16-18H2,1-4H3/b21-15+/t26-,27+,28-,30-/m1/s1. The van der Waals surface area contributed by atoms with Crippen LogP contribution in [0.1, 0.15) is 76.4 Å². The van der Waals surface area contributed by atoms with Crippen molar-refractivity contribution in [2.45, 2.75) is 65.3 Å². The van der Waals surface area contributed by atoms with Gasteiger partial charge in [0.05, 0.1) is 12.7 Å². The third kappa shape index (κ3) is 5.35. The van der Waals surface area contributed by atoms with Crippen LogP contribution in [-0.4, -0.2) is 48.6 Å². The Hall–Kier alpha value is -3.00. The maximum Gasteiger partial charge on any atom is 0.455 e. The van der Waals surface area contributed by atoms with Gasteiger partial charge in [-0.05, 0) is 91.7 Å². The van der Waals surface area contributed by atoms with Crippen LogP contribution >= 0.6 is 0 Å². The second kappa shape index (κ2) is 11.9. The van der Waals surface area contributed by atoms with Gasteiger partial charge in [-0.1, -0.05) is 49.3 Å². The number of carbonyl (C=O) groups is 2. The van der Waals surface area contributed by atoms with Gasteiger partial charge in [0.2, 0.25) is 0 Å². The summed E-state index contributed by atoms with van der Waals surface area (Å²) in [6.07, 6.45) is 5.96. The third-order valence-corrected chi connectivity index (χ3v) is 8.86. The fraction of sp³-hybridized carbons (Fsp3) is 0.455. The minimum atomic E-state index is -0.998. The summed E-state index contributed by atoms with van der Waals surface area (Å²) in [4.78, 5) is 27.4. The topological polar surface area (TPSA) is 93.1 Å². The highest BCUT2D eigenvalue weighted by Crippen LogP contribution is 2.51. The van der Waals surface area contributed by atoms with Gasteiger partial charge < -0.3 is 19.5 Å². The van der Waals surface area contributed by atoms with Crippen LogP contribution in [0.5, 0.6) is 5.75 Å². The van der Waals surface area contributed by atoms with Gasteiger partial charge >= 0.3 is 7.12 Å². The molecule has 7 heteroatoms. The number of ether oxygens (including phenoxy) is 1. The molecule has 210 valence electrons. The zero-order valence-corrected chi connectivity index (χ0v) is 23.9. The highest BCUT2D eigenvalue weighted by atomic mass is 16.5. The van der Waals surface area contributed by atoms with Crippen molar-refractivity contribution in [3.8, 4) is 5.75 Å². The first kappa shape index (κ1) is 28.5. The van der Waals surface area contributed by atoms with E-state index < -0.39 is 19.0 Å². The van der Waals surface area contributed by atoms with Crippen LogP contribution in [0.3, 0.4) is 0 Å². The van der Waals surface area contributed by atoms with Gasteiger partial charge in [0, 0.05) is 30.1 Å². The molecule has 0 amide bonds. The number of ketones is 2. The van der Waals surface area contributed by atoms with Crippen molar-refractivity contribution in [2.24, 2.45) is 17.8 Å². The molecule has 2 aromatic carbocycles. The number of rotatable bonds is 8. The van der Waals surface area contributed by atoms with Crippen molar-refractivity contribution < 1.29 is 29.1 Å². The van der Waals surface area contributed by atoms with Crippen LogP contribution in [0.25, 0.3) is 6.08 Å². The molecule has 0 unspecified atom stereocenters. The fourth-order valence-corrected chi connectivity index (χ4v) is 7.19. The molecule has 2 aliphatic carbocycles. The molecule has 1 aliphatic heterocycles. The number of carbonyl (C=O) groups excluding carboxylic acids is 2.